The smallest absolute Gasteiger partial charge is 0.147 e. The summed E-state index contributed by atoms with van der Waals surface area (Å²) in [6.45, 7) is 27.0. The molecule has 0 saturated carbocycles. The number of para-hydroxylation sites is 2. The number of halogens is 2. The van der Waals surface area contributed by atoms with E-state index in [-0.39, 0.29) is 34.1 Å². The number of benzene rings is 12. The highest BCUT2D eigenvalue weighted by Crippen LogP contribution is 2.53. The average molecular weight is 1180 g/mol. The Hall–Kier alpha value is -7.99. The molecule has 0 heterocycles. The number of nitrogens with zero attached hydrogens (tertiary/aromatic N) is 2. The Morgan fingerprint density at radius 3 is 0.976 bits per heavy atom. The molecule has 0 aliphatic rings. The summed E-state index contributed by atoms with van der Waals surface area (Å²) in [5, 5.41) is 8.21. The van der Waals surface area contributed by atoms with Crippen LogP contribution < -0.4 is 30.5 Å². The zero-order valence-corrected chi connectivity index (χ0v) is 53.8. The Morgan fingerprint density at radius 2 is 0.643 bits per heavy atom. The second-order valence-electron chi connectivity index (χ2n) is 26.2. The minimum absolute atomic E-state index is 0.0401. The molecule has 0 radical (unpaired) electrons. The van der Waals surface area contributed by atoms with Crippen LogP contribution in [-0.4, -0.2) is 32.3 Å². The number of hydrogen-bond donors (Lipinski definition) is 0. The van der Waals surface area contributed by atoms with Crippen LogP contribution in [0.2, 0.25) is 78.6 Å². The van der Waals surface area contributed by atoms with E-state index in [0.717, 1.165) is 21.5 Å². The molecule has 0 aliphatic heterocycles. The van der Waals surface area contributed by atoms with E-state index in [1.165, 1.54) is 32.3 Å². The molecular weight excluding hydrogens is 1090 g/mol. The summed E-state index contributed by atoms with van der Waals surface area (Å²) in [5.74, 6) is -1.43. The number of rotatable bonds is 14. The van der Waals surface area contributed by atoms with Crippen molar-refractivity contribution in [2.24, 2.45) is 0 Å². The van der Waals surface area contributed by atoms with E-state index in [2.05, 4.69) is 127 Å². The predicted octanol–water partition coefficient (Wildman–Crippen LogP) is 20.7. The first kappa shape index (κ1) is 45.4. The van der Waals surface area contributed by atoms with Crippen LogP contribution in [0.15, 0.2) is 230 Å². The molecule has 12 aromatic rings. The molecule has 0 bridgehead atoms. The zero-order valence-electron chi connectivity index (χ0n) is 59.8. The van der Waals surface area contributed by atoms with Gasteiger partial charge in [0.15, 0.2) is 0 Å². The van der Waals surface area contributed by atoms with Gasteiger partial charge in [0.2, 0.25) is 0 Å². The van der Waals surface area contributed by atoms with Crippen LogP contribution >= 0.6 is 0 Å². The van der Waals surface area contributed by atoms with Crippen molar-refractivity contribution in [1.82, 2.24) is 0 Å². The Balaban J connectivity index is 1.23. The Bertz CT molecular complexity index is 4720. The van der Waals surface area contributed by atoms with Crippen LogP contribution in [0.25, 0.3) is 76.8 Å². The van der Waals surface area contributed by atoms with Gasteiger partial charge in [-0.3, -0.25) is 0 Å². The molecular formula is C76H74F2N2Si4. The Labute approximate surface area is 514 Å². The minimum atomic E-state index is -2.06. The van der Waals surface area contributed by atoms with Gasteiger partial charge in [0.05, 0.1) is 68.8 Å². The molecule has 0 aliphatic carbocycles. The molecule has 0 spiro atoms. The zero-order chi connectivity index (χ0) is 67.7. The summed E-state index contributed by atoms with van der Waals surface area (Å²) in [5.41, 5.74) is 5.14. The first-order valence-electron chi connectivity index (χ1n) is 33.7. The van der Waals surface area contributed by atoms with Crippen molar-refractivity contribution in [1.29, 1.82) is 0 Å². The fourth-order valence-electron chi connectivity index (χ4n) is 11.8. The summed E-state index contributed by atoms with van der Waals surface area (Å²) >= 11 is 0. The monoisotopic (exact) mass is 1170 g/mol. The van der Waals surface area contributed by atoms with E-state index >= 15 is 8.78 Å². The maximum atomic E-state index is 18.5. The highest BCUT2D eigenvalue weighted by molar-refractivity contribution is 6.90. The van der Waals surface area contributed by atoms with Gasteiger partial charge in [0.25, 0.3) is 0 Å². The first-order chi connectivity index (χ1) is 44.2. The van der Waals surface area contributed by atoms with Crippen molar-refractivity contribution in [3.8, 4) is 44.5 Å². The van der Waals surface area contributed by atoms with E-state index in [4.69, 9.17) is 2.74 Å². The van der Waals surface area contributed by atoms with Gasteiger partial charge in [-0.15, -0.1) is 0 Å². The van der Waals surface area contributed by atoms with Gasteiger partial charge in [-0.05, 0) is 103 Å². The summed E-state index contributed by atoms with van der Waals surface area (Å²) in [4.78, 5) is 3.01. The van der Waals surface area contributed by atoms with Crippen molar-refractivity contribution in [2.45, 2.75) is 78.6 Å². The molecule has 0 unspecified atom stereocenters. The van der Waals surface area contributed by atoms with Crippen molar-refractivity contribution in [2.75, 3.05) is 9.80 Å². The van der Waals surface area contributed by atoms with Gasteiger partial charge in [-0.2, -0.15) is 0 Å². The van der Waals surface area contributed by atoms with Gasteiger partial charge >= 0.3 is 0 Å². The lowest BCUT2D eigenvalue weighted by molar-refractivity contribution is 0.629. The third-order valence-corrected chi connectivity index (χ3v) is 24.5. The highest BCUT2D eigenvalue weighted by Gasteiger charge is 2.31. The van der Waals surface area contributed by atoms with Crippen LogP contribution in [0.1, 0.15) is 13.7 Å². The third kappa shape index (κ3) is 10.5. The van der Waals surface area contributed by atoms with Gasteiger partial charge < -0.3 is 9.80 Å². The number of hydrogen-bond acceptors (Lipinski definition) is 2. The van der Waals surface area contributed by atoms with E-state index in [1.807, 2.05) is 84.9 Å². The second-order valence-corrected chi connectivity index (χ2v) is 46.5. The summed E-state index contributed by atoms with van der Waals surface area (Å²) in [6.07, 6.45) is 0. The summed E-state index contributed by atoms with van der Waals surface area (Å²) in [6, 6.07) is 48.2. The maximum absolute atomic E-state index is 18.5. The van der Waals surface area contributed by atoms with Crippen LogP contribution in [0.4, 0.5) is 42.9 Å². The largest absolute Gasteiger partial charge is 0.307 e. The van der Waals surface area contributed by atoms with E-state index in [1.54, 1.807) is 24.3 Å². The Morgan fingerprint density at radius 1 is 0.333 bits per heavy atom. The number of anilines is 6. The predicted molar refractivity (Wildman–Crippen MR) is 373 cm³/mol. The van der Waals surface area contributed by atoms with Crippen LogP contribution in [0.5, 0.6) is 0 Å². The molecule has 0 saturated heterocycles. The highest BCUT2D eigenvalue weighted by atomic mass is 28.3. The van der Waals surface area contributed by atoms with E-state index in [0.29, 0.717) is 65.7 Å². The topological polar surface area (TPSA) is 6.48 Å². The van der Waals surface area contributed by atoms with E-state index in [9.17, 15) is 11.0 Å². The molecule has 0 N–H and O–H groups in total. The van der Waals surface area contributed by atoms with Crippen molar-refractivity contribution in [3.63, 3.8) is 0 Å². The van der Waals surface area contributed by atoms with Crippen LogP contribution in [0, 0.1) is 11.6 Å². The molecule has 418 valence electrons. The standard InChI is InChI=1S/C76H74F2N2Si4/c1-81(2,3)59-31-19-23-53(47-59)63-41-43-67(77)75(73(63)55-25-21-33-61(49-55)83(7,8)9)79(57-27-15-13-16-28-57)69-45-37-51-36-40-66-70(46-38-52-35-39-65(69)71(51)72(52)66)80(58-29-17-14-18-30-58)76-68(78)44-42-64(54-24-20-32-60(48-54)82(4,5)6)74(76)56-26-22-34-62(50-56)84(10,11)12/h13-50H,1-12H3/i13D,14D,15D,16D,17D,18D,27D,28D,29D,30D. The average Bonchev–Trinajstić information content (AvgIpc) is 0.715. The van der Waals surface area contributed by atoms with Crippen molar-refractivity contribution in [3.05, 3.63) is 242 Å². The quantitative estimate of drug-likeness (QED) is 0.0791. The third-order valence-electron chi connectivity index (χ3n) is 16.3. The molecule has 0 fully saturated rings. The molecule has 84 heavy (non-hydrogen) atoms. The van der Waals surface area contributed by atoms with E-state index < -0.39 is 104 Å². The first-order valence-corrected chi connectivity index (χ1v) is 42.7. The molecule has 12 aromatic carbocycles. The van der Waals surface area contributed by atoms with Gasteiger partial charge in [-0.25, -0.2) is 8.78 Å². The van der Waals surface area contributed by atoms with Gasteiger partial charge in [-0.1, -0.05) is 281 Å². The van der Waals surface area contributed by atoms with Crippen molar-refractivity contribution < 1.29 is 22.5 Å². The lowest BCUT2D eigenvalue weighted by atomic mass is 9.89. The Kier molecular flexibility index (Phi) is 11.7. The lowest BCUT2D eigenvalue weighted by Gasteiger charge is -2.32. The molecule has 0 amide bonds. The van der Waals surface area contributed by atoms with Gasteiger partial charge in [0.1, 0.15) is 11.6 Å². The summed E-state index contributed by atoms with van der Waals surface area (Å²) < 4.78 is 131. The molecule has 8 heteroatoms. The SMILES string of the molecule is [2H]c1c([2H])c([2H])c(N(c2c(F)ccc(-c3cccc([Si](C)(C)C)c3)c2-c2cccc([Si](C)(C)C)c2)c2ccc3ccc4c(N(c5c([2H])c([2H])c([2H])c([2H])c5[2H])c5c(F)ccc(-c6cccc([Si](C)(C)C)c6)c5-c5cccc([Si](C)(C)C)c5)ccc5ccc2c3c54)c([2H])c1[2H]. The fraction of sp³-hybridized carbons (Fsp3) is 0.158. The van der Waals surface area contributed by atoms with Crippen LogP contribution in [-0.2, 0) is 0 Å². The van der Waals surface area contributed by atoms with Gasteiger partial charge in [0, 0.05) is 33.3 Å². The minimum Gasteiger partial charge on any atom is -0.307 e. The van der Waals surface area contributed by atoms with Crippen LogP contribution in [0.3, 0.4) is 0 Å². The molecule has 0 atom stereocenters. The molecule has 2 nitrogen and oxygen atoms in total. The summed E-state index contributed by atoms with van der Waals surface area (Å²) in [7, 11) is -8.01. The lowest BCUT2D eigenvalue weighted by Crippen LogP contribution is -2.37. The molecule has 12 rings (SSSR count). The second kappa shape index (κ2) is 21.6. The molecule has 0 aromatic heterocycles. The van der Waals surface area contributed by atoms with Crippen molar-refractivity contribution >= 4 is 119 Å². The fourth-order valence-corrected chi connectivity index (χ4v) is 16.5. The normalized spacial score (nSPS) is 14.1. The maximum Gasteiger partial charge on any atom is 0.147 e.